The number of hydrogen-bond donors (Lipinski definition) is 3. The number of rotatable bonds is 3. The molecule has 0 radical (unpaired) electrons. The minimum Gasteiger partial charge on any atom is -0.320 e. The molecule has 2 rings (SSSR count). The number of thiophene rings is 1. The van der Waals surface area contributed by atoms with E-state index in [2.05, 4.69) is 15.7 Å². The monoisotopic (exact) mass is 234 g/mol. The van der Waals surface area contributed by atoms with Gasteiger partial charge in [-0.3, -0.25) is 4.79 Å². The minimum atomic E-state index is -0.254. The Balaban J connectivity index is 2.14. The average Bonchev–Trinajstić information content (AvgIpc) is 2.82. The smallest absolute Gasteiger partial charge is 0.274 e. The van der Waals surface area contributed by atoms with Crippen LogP contribution in [0.4, 0.5) is 11.5 Å². The molecule has 0 saturated carbocycles. The molecule has 0 aliphatic heterocycles. The Morgan fingerprint density at radius 2 is 2.25 bits per heavy atom. The first-order chi connectivity index (χ1) is 7.79. The molecule has 2 aromatic heterocycles. The number of nitrogens with one attached hydrogen (secondary N) is 2. The van der Waals surface area contributed by atoms with E-state index in [9.17, 15) is 4.79 Å². The van der Waals surface area contributed by atoms with Gasteiger partial charge in [-0.15, -0.1) is 0 Å². The summed E-state index contributed by atoms with van der Waals surface area (Å²) in [5.74, 6) is 5.41. The predicted molar refractivity (Wildman–Crippen MR) is 64.3 cm³/mol. The first kappa shape index (κ1) is 10.6. The van der Waals surface area contributed by atoms with E-state index in [4.69, 9.17) is 5.84 Å². The zero-order valence-corrected chi connectivity index (χ0v) is 9.12. The second-order valence-electron chi connectivity index (χ2n) is 3.02. The molecule has 0 aliphatic rings. The van der Waals surface area contributed by atoms with Crippen molar-refractivity contribution in [2.45, 2.75) is 0 Å². The minimum absolute atomic E-state index is 0.254. The Labute approximate surface area is 96.3 Å². The number of nitrogens with zero attached hydrogens (tertiary/aromatic N) is 1. The molecule has 2 heterocycles. The first-order valence-corrected chi connectivity index (χ1v) is 5.51. The summed E-state index contributed by atoms with van der Waals surface area (Å²) < 4.78 is 0. The van der Waals surface area contributed by atoms with Gasteiger partial charge in [0, 0.05) is 5.38 Å². The Morgan fingerprint density at radius 1 is 1.38 bits per heavy atom. The van der Waals surface area contributed by atoms with E-state index < -0.39 is 0 Å². The lowest BCUT2D eigenvalue weighted by Crippen LogP contribution is -2.15. The Morgan fingerprint density at radius 3 is 2.94 bits per heavy atom. The molecular weight excluding hydrogens is 224 g/mol. The maximum absolute atomic E-state index is 11.7. The van der Waals surface area contributed by atoms with Crippen LogP contribution in [0.1, 0.15) is 10.5 Å². The van der Waals surface area contributed by atoms with Gasteiger partial charge in [0.05, 0.1) is 5.69 Å². The van der Waals surface area contributed by atoms with Crippen molar-refractivity contribution in [2.75, 3.05) is 10.7 Å². The summed E-state index contributed by atoms with van der Waals surface area (Å²) in [7, 11) is 0. The van der Waals surface area contributed by atoms with Crippen molar-refractivity contribution in [1.29, 1.82) is 0 Å². The third-order valence-electron chi connectivity index (χ3n) is 1.91. The molecule has 0 aliphatic carbocycles. The van der Waals surface area contributed by atoms with Crippen molar-refractivity contribution < 1.29 is 4.79 Å². The van der Waals surface area contributed by atoms with Crippen LogP contribution in [0.15, 0.2) is 35.0 Å². The van der Waals surface area contributed by atoms with Crippen LogP contribution in [0.2, 0.25) is 0 Å². The maximum Gasteiger partial charge on any atom is 0.274 e. The highest BCUT2D eigenvalue weighted by molar-refractivity contribution is 7.08. The standard InChI is InChI=1S/C10H10N4OS/c11-14-9-3-1-2-8(13-9)10(15)12-7-4-5-16-6-7/h1-6H,11H2,(H,12,15)(H,13,14). The molecule has 0 spiro atoms. The highest BCUT2D eigenvalue weighted by Gasteiger charge is 2.08. The number of hydrogen-bond acceptors (Lipinski definition) is 5. The first-order valence-electron chi connectivity index (χ1n) is 4.57. The summed E-state index contributed by atoms with van der Waals surface area (Å²) in [6.07, 6.45) is 0. The van der Waals surface area contributed by atoms with E-state index >= 15 is 0 Å². The van der Waals surface area contributed by atoms with Crippen molar-refractivity contribution in [3.63, 3.8) is 0 Å². The van der Waals surface area contributed by atoms with Crippen LogP contribution in [0.5, 0.6) is 0 Å². The van der Waals surface area contributed by atoms with Crippen molar-refractivity contribution in [3.05, 3.63) is 40.7 Å². The molecule has 2 aromatic rings. The molecule has 1 amide bonds. The molecule has 0 fully saturated rings. The van der Waals surface area contributed by atoms with Crippen LogP contribution in [0.3, 0.4) is 0 Å². The van der Waals surface area contributed by atoms with Crippen molar-refractivity contribution >= 4 is 28.7 Å². The zero-order valence-electron chi connectivity index (χ0n) is 8.31. The number of anilines is 2. The third-order valence-corrected chi connectivity index (χ3v) is 2.59. The van der Waals surface area contributed by atoms with E-state index in [1.165, 1.54) is 11.3 Å². The third kappa shape index (κ3) is 2.36. The number of aromatic nitrogens is 1. The van der Waals surface area contributed by atoms with Gasteiger partial charge in [0.2, 0.25) is 0 Å². The fraction of sp³-hybridized carbons (Fsp3) is 0. The van der Waals surface area contributed by atoms with Gasteiger partial charge in [0.25, 0.3) is 5.91 Å². The molecule has 0 aromatic carbocycles. The zero-order chi connectivity index (χ0) is 11.4. The quantitative estimate of drug-likeness (QED) is 0.557. The number of amides is 1. The van der Waals surface area contributed by atoms with Crippen molar-refractivity contribution in [1.82, 2.24) is 4.98 Å². The largest absolute Gasteiger partial charge is 0.320 e. The lowest BCUT2D eigenvalue weighted by atomic mass is 10.3. The highest BCUT2D eigenvalue weighted by atomic mass is 32.1. The molecule has 16 heavy (non-hydrogen) atoms. The summed E-state index contributed by atoms with van der Waals surface area (Å²) in [6.45, 7) is 0. The Kier molecular flexibility index (Phi) is 3.13. The number of nitrogen functional groups attached to an aromatic ring is 1. The molecule has 0 atom stereocenters. The van der Waals surface area contributed by atoms with Gasteiger partial charge >= 0.3 is 0 Å². The van der Waals surface area contributed by atoms with Gasteiger partial charge in [-0.05, 0) is 23.6 Å². The number of pyridine rings is 1. The highest BCUT2D eigenvalue weighted by Crippen LogP contribution is 2.13. The van der Waals surface area contributed by atoms with E-state index in [0.717, 1.165) is 5.69 Å². The second-order valence-corrected chi connectivity index (χ2v) is 3.80. The van der Waals surface area contributed by atoms with Crippen LogP contribution in [0, 0.1) is 0 Å². The van der Waals surface area contributed by atoms with Gasteiger partial charge < -0.3 is 10.7 Å². The van der Waals surface area contributed by atoms with Gasteiger partial charge in [0.15, 0.2) is 0 Å². The van der Waals surface area contributed by atoms with Crippen LogP contribution < -0.4 is 16.6 Å². The summed E-state index contributed by atoms with van der Waals surface area (Å²) >= 11 is 1.52. The van der Waals surface area contributed by atoms with Crippen LogP contribution in [-0.4, -0.2) is 10.9 Å². The molecule has 0 saturated heterocycles. The number of hydrazine groups is 1. The number of carbonyl (C=O) groups excluding carboxylic acids is 1. The molecule has 82 valence electrons. The van der Waals surface area contributed by atoms with E-state index in [0.29, 0.717) is 11.5 Å². The van der Waals surface area contributed by atoms with E-state index in [1.807, 2.05) is 16.8 Å². The van der Waals surface area contributed by atoms with Crippen LogP contribution in [-0.2, 0) is 0 Å². The summed E-state index contributed by atoms with van der Waals surface area (Å²) in [6, 6.07) is 6.85. The fourth-order valence-corrected chi connectivity index (χ4v) is 1.76. The normalized spacial score (nSPS) is 9.81. The SMILES string of the molecule is NNc1cccc(C(=O)Nc2ccsc2)n1. The molecule has 0 bridgehead atoms. The van der Waals surface area contributed by atoms with Gasteiger partial charge in [0.1, 0.15) is 11.5 Å². The summed E-state index contributed by atoms with van der Waals surface area (Å²) in [5.41, 5.74) is 3.48. The molecule has 5 nitrogen and oxygen atoms in total. The van der Waals surface area contributed by atoms with Gasteiger partial charge in [-0.2, -0.15) is 11.3 Å². The predicted octanol–water partition coefficient (Wildman–Crippen LogP) is 1.68. The Bertz CT molecular complexity index is 483. The lowest BCUT2D eigenvalue weighted by molar-refractivity contribution is 0.102. The average molecular weight is 234 g/mol. The van der Waals surface area contributed by atoms with E-state index in [1.54, 1.807) is 18.2 Å². The molecule has 0 unspecified atom stereocenters. The Hall–Kier alpha value is -1.92. The summed E-state index contributed by atoms with van der Waals surface area (Å²) in [4.78, 5) is 15.8. The van der Waals surface area contributed by atoms with Gasteiger partial charge in [-0.1, -0.05) is 6.07 Å². The second kappa shape index (κ2) is 4.73. The van der Waals surface area contributed by atoms with Gasteiger partial charge in [-0.25, -0.2) is 10.8 Å². The van der Waals surface area contributed by atoms with Crippen LogP contribution >= 0.6 is 11.3 Å². The molecular formula is C10H10N4OS. The fourth-order valence-electron chi connectivity index (χ4n) is 1.17. The molecule has 6 heteroatoms. The summed E-state index contributed by atoms with van der Waals surface area (Å²) in [5, 5.41) is 6.47. The topological polar surface area (TPSA) is 80.0 Å². The number of carbonyl (C=O) groups is 1. The van der Waals surface area contributed by atoms with Crippen molar-refractivity contribution in [3.8, 4) is 0 Å². The number of nitrogens with two attached hydrogens (primary N) is 1. The van der Waals surface area contributed by atoms with E-state index in [-0.39, 0.29) is 5.91 Å². The lowest BCUT2D eigenvalue weighted by Gasteiger charge is -2.03. The molecule has 4 N–H and O–H groups in total. The van der Waals surface area contributed by atoms with Crippen LogP contribution in [0.25, 0.3) is 0 Å². The maximum atomic E-state index is 11.7. The van der Waals surface area contributed by atoms with Crippen molar-refractivity contribution in [2.24, 2.45) is 5.84 Å².